The van der Waals surface area contributed by atoms with Crippen molar-refractivity contribution in [2.45, 2.75) is 12.5 Å². The summed E-state index contributed by atoms with van der Waals surface area (Å²) in [4.78, 5) is 48.6. The van der Waals surface area contributed by atoms with Gasteiger partial charge in [0.25, 0.3) is 11.8 Å². The fourth-order valence-corrected chi connectivity index (χ4v) is 3.57. The first-order chi connectivity index (χ1) is 15.9. The molecule has 3 aromatic rings. The van der Waals surface area contributed by atoms with E-state index in [0.29, 0.717) is 11.3 Å². The molecule has 1 heterocycles. The van der Waals surface area contributed by atoms with Crippen LogP contribution in [0.2, 0.25) is 0 Å². The van der Waals surface area contributed by atoms with E-state index in [1.54, 1.807) is 24.3 Å². The second kappa shape index (κ2) is 8.96. The van der Waals surface area contributed by atoms with Crippen molar-refractivity contribution in [3.63, 3.8) is 0 Å². The molecule has 0 spiro atoms. The average molecular weight is 443 g/mol. The Morgan fingerprint density at radius 1 is 0.939 bits per heavy atom. The van der Waals surface area contributed by atoms with Crippen LogP contribution in [-0.2, 0) is 19.9 Å². The molecule has 0 radical (unpaired) electrons. The number of imide groups is 1. The summed E-state index contributed by atoms with van der Waals surface area (Å²) in [5.74, 6) is -1.73. The molecule has 0 saturated carbocycles. The van der Waals surface area contributed by atoms with E-state index in [-0.39, 0.29) is 5.56 Å². The summed E-state index contributed by atoms with van der Waals surface area (Å²) in [6.45, 7) is 1.05. The van der Waals surface area contributed by atoms with Gasteiger partial charge in [0, 0.05) is 11.3 Å². The topological polar surface area (TPSA) is 114 Å². The van der Waals surface area contributed by atoms with E-state index >= 15 is 0 Å². The van der Waals surface area contributed by atoms with Crippen molar-refractivity contribution in [3.05, 3.63) is 90.0 Å². The van der Waals surface area contributed by atoms with E-state index in [1.807, 2.05) is 42.5 Å². The maximum Gasteiger partial charge on any atom is 0.338 e. The van der Waals surface area contributed by atoms with Crippen molar-refractivity contribution < 1.29 is 23.9 Å². The lowest BCUT2D eigenvalue weighted by Crippen LogP contribution is -2.40. The number of para-hydroxylation sites is 1. The number of carbonyl (C=O) groups excluding carboxylic acids is 4. The highest BCUT2D eigenvalue weighted by molar-refractivity contribution is 6.07. The van der Waals surface area contributed by atoms with Crippen molar-refractivity contribution in [1.82, 2.24) is 10.6 Å². The summed E-state index contributed by atoms with van der Waals surface area (Å²) in [6, 6.07) is 22.5. The molecule has 0 aromatic heterocycles. The maximum absolute atomic E-state index is 12.5. The molecule has 4 rings (SSSR count). The Bertz CT molecular complexity index is 1240. The third-order valence-corrected chi connectivity index (χ3v) is 5.34. The number of esters is 1. The lowest BCUT2D eigenvalue weighted by Gasteiger charge is -2.21. The van der Waals surface area contributed by atoms with E-state index in [2.05, 4.69) is 16.0 Å². The molecule has 1 atom stereocenters. The lowest BCUT2D eigenvalue weighted by molar-refractivity contribution is -0.123. The highest BCUT2D eigenvalue weighted by Crippen LogP contribution is 2.28. The van der Waals surface area contributed by atoms with E-state index in [1.165, 1.54) is 19.1 Å². The Hall–Kier alpha value is -4.46. The van der Waals surface area contributed by atoms with E-state index in [9.17, 15) is 19.2 Å². The van der Waals surface area contributed by atoms with Gasteiger partial charge < -0.3 is 15.4 Å². The van der Waals surface area contributed by atoms with Gasteiger partial charge in [-0.2, -0.15) is 0 Å². The number of benzene rings is 3. The van der Waals surface area contributed by atoms with Gasteiger partial charge in [-0.3, -0.25) is 14.9 Å². The number of urea groups is 1. The Labute approximate surface area is 190 Å². The minimum absolute atomic E-state index is 0.153. The first-order valence-corrected chi connectivity index (χ1v) is 10.2. The Kier molecular flexibility index (Phi) is 5.91. The van der Waals surface area contributed by atoms with Gasteiger partial charge >= 0.3 is 12.0 Å². The Morgan fingerprint density at radius 3 is 2.39 bits per heavy atom. The van der Waals surface area contributed by atoms with E-state index in [0.717, 1.165) is 11.1 Å². The molecule has 166 valence electrons. The van der Waals surface area contributed by atoms with Gasteiger partial charge in [0.1, 0.15) is 5.54 Å². The van der Waals surface area contributed by atoms with E-state index in [4.69, 9.17) is 4.74 Å². The molecule has 1 unspecified atom stereocenters. The van der Waals surface area contributed by atoms with Gasteiger partial charge in [0.2, 0.25) is 0 Å². The first-order valence-electron chi connectivity index (χ1n) is 10.2. The van der Waals surface area contributed by atoms with Crippen molar-refractivity contribution in [2.75, 3.05) is 11.9 Å². The molecular formula is C25H21N3O5. The highest BCUT2D eigenvalue weighted by Gasteiger charge is 2.43. The molecular weight excluding hydrogens is 422 g/mol. The second-order valence-electron chi connectivity index (χ2n) is 7.65. The molecule has 1 aliphatic rings. The van der Waals surface area contributed by atoms with Crippen LogP contribution >= 0.6 is 0 Å². The molecule has 0 aliphatic carbocycles. The van der Waals surface area contributed by atoms with Crippen LogP contribution < -0.4 is 16.0 Å². The molecule has 3 aromatic carbocycles. The third-order valence-electron chi connectivity index (χ3n) is 5.34. The summed E-state index contributed by atoms with van der Waals surface area (Å²) < 4.78 is 5.17. The first kappa shape index (κ1) is 21.8. The third kappa shape index (κ3) is 4.59. The zero-order valence-corrected chi connectivity index (χ0v) is 17.8. The molecule has 33 heavy (non-hydrogen) atoms. The minimum Gasteiger partial charge on any atom is -0.452 e. The highest BCUT2D eigenvalue weighted by atomic mass is 16.5. The van der Waals surface area contributed by atoms with Crippen LogP contribution in [0.3, 0.4) is 0 Å². The van der Waals surface area contributed by atoms with Crippen LogP contribution in [0.4, 0.5) is 10.5 Å². The van der Waals surface area contributed by atoms with Gasteiger partial charge in [0.15, 0.2) is 6.61 Å². The maximum atomic E-state index is 12.5. The summed E-state index contributed by atoms with van der Waals surface area (Å²) >= 11 is 0. The molecule has 1 fully saturated rings. The van der Waals surface area contributed by atoms with Crippen LogP contribution in [0.5, 0.6) is 0 Å². The van der Waals surface area contributed by atoms with Gasteiger partial charge in [0.05, 0.1) is 5.56 Å². The number of carbonyl (C=O) groups is 4. The summed E-state index contributed by atoms with van der Waals surface area (Å²) in [6.07, 6.45) is 0. The Morgan fingerprint density at radius 2 is 1.67 bits per heavy atom. The number of rotatable bonds is 6. The van der Waals surface area contributed by atoms with E-state index < -0.39 is 36.0 Å². The number of hydrogen-bond donors (Lipinski definition) is 3. The summed E-state index contributed by atoms with van der Waals surface area (Å²) in [5, 5.41) is 7.49. The van der Waals surface area contributed by atoms with Gasteiger partial charge in [-0.05, 0) is 36.2 Å². The lowest BCUT2D eigenvalue weighted by atomic mass is 9.91. The van der Waals surface area contributed by atoms with Crippen molar-refractivity contribution in [3.8, 4) is 11.1 Å². The number of anilines is 1. The van der Waals surface area contributed by atoms with Crippen LogP contribution in [-0.4, -0.2) is 30.4 Å². The number of ether oxygens (including phenoxy) is 1. The molecule has 8 heteroatoms. The van der Waals surface area contributed by atoms with Crippen LogP contribution in [0.15, 0.2) is 78.9 Å². The van der Waals surface area contributed by atoms with Crippen molar-refractivity contribution in [1.29, 1.82) is 0 Å². The van der Waals surface area contributed by atoms with Gasteiger partial charge in [-0.1, -0.05) is 60.7 Å². The number of hydrogen-bond acceptors (Lipinski definition) is 5. The zero-order valence-electron chi connectivity index (χ0n) is 17.8. The SMILES string of the molecule is CC1(c2cccc(C(=O)OCC(=O)Nc3ccccc3-c3ccccc3)c2)NC(=O)NC1=O. The normalized spacial score (nSPS) is 17.1. The molecule has 8 nitrogen and oxygen atoms in total. The number of amides is 4. The quantitative estimate of drug-likeness (QED) is 0.400. The Balaban J connectivity index is 1.42. The summed E-state index contributed by atoms with van der Waals surface area (Å²) in [5.41, 5.74) is 1.66. The molecule has 1 aliphatic heterocycles. The monoisotopic (exact) mass is 443 g/mol. The molecule has 0 bridgehead atoms. The van der Waals surface area contributed by atoms with Crippen LogP contribution in [0.25, 0.3) is 11.1 Å². The molecule has 1 saturated heterocycles. The predicted octanol–water partition coefficient (Wildman–Crippen LogP) is 3.20. The standard InChI is InChI=1S/C25H21N3O5/c1-25(23(31)27-24(32)28-25)18-11-7-10-17(14-18)22(30)33-15-21(29)26-20-13-6-5-12-19(20)16-8-3-2-4-9-16/h2-14H,15H2,1H3,(H,26,29)(H2,27,28,31,32). The van der Waals surface area contributed by atoms with Crippen LogP contribution in [0.1, 0.15) is 22.8 Å². The summed E-state index contributed by atoms with van der Waals surface area (Å²) in [7, 11) is 0. The minimum atomic E-state index is -1.30. The van der Waals surface area contributed by atoms with Crippen molar-refractivity contribution in [2.24, 2.45) is 0 Å². The molecule has 4 amide bonds. The smallest absolute Gasteiger partial charge is 0.338 e. The zero-order chi connectivity index (χ0) is 23.4. The molecule has 3 N–H and O–H groups in total. The van der Waals surface area contributed by atoms with Gasteiger partial charge in [-0.15, -0.1) is 0 Å². The predicted molar refractivity (Wildman–Crippen MR) is 121 cm³/mol. The fraction of sp³-hybridized carbons (Fsp3) is 0.120. The van der Waals surface area contributed by atoms with Crippen LogP contribution in [0, 0.1) is 0 Å². The average Bonchev–Trinajstić information content (AvgIpc) is 3.10. The second-order valence-corrected chi connectivity index (χ2v) is 7.65. The van der Waals surface area contributed by atoms with Crippen molar-refractivity contribution >= 4 is 29.5 Å². The number of nitrogens with one attached hydrogen (secondary N) is 3. The largest absolute Gasteiger partial charge is 0.452 e. The fourth-order valence-electron chi connectivity index (χ4n) is 3.57. The van der Waals surface area contributed by atoms with Gasteiger partial charge in [-0.25, -0.2) is 9.59 Å².